The third-order valence-corrected chi connectivity index (χ3v) is 3.71. The van der Waals surface area contributed by atoms with Crippen LogP contribution in [0.2, 0.25) is 5.02 Å². The van der Waals surface area contributed by atoms with Crippen LogP contribution < -0.4 is 9.47 Å². The highest BCUT2D eigenvalue weighted by molar-refractivity contribution is 6.30. The molecular formula is C17H16ClNO3. The summed E-state index contributed by atoms with van der Waals surface area (Å²) in [7, 11) is 0. The van der Waals surface area contributed by atoms with Crippen LogP contribution in [0.25, 0.3) is 0 Å². The fraction of sp³-hybridized carbons (Fsp3) is 0.235. The molecule has 0 saturated carbocycles. The second-order valence-electron chi connectivity index (χ2n) is 5.06. The van der Waals surface area contributed by atoms with Gasteiger partial charge in [0.15, 0.2) is 11.5 Å². The molecule has 5 heteroatoms. The predicted molar refractivity (Wildman–Crippen MR) is 86.6 cm³/mol. The Kier molecular flexibility index (Phi) is 4.20. The Balaban J connectivity index is 1.80. The lowest BCUT2D eigenvalue weighted by atomic mass is 10.1. The van der Waals surface area contributed by atoms with E-state index >= 15 is 0 Å². The highest BCUT2D eigenvalue weighted by atomic mass is 35.5. The van der Waals surface area contributed by atoms with Crippen LogP contribution in [-0.2, 0) is 0 Å². The molecule has 0 spiro atoms. The first-order valence-electron chi connectivity index (χ1n) is 7.05. The maximum absolute atomic E-state index is 9.79. The van der Waals surface area contributed by atoms with Crippen LogP contribution in [0, 0.1) is 0 Å². The van der Waals surface area contributed by atoms with Gasteiger partial charge in [-0.25, -0.2) is 0 Å². The molecule has 0 amide bonds. The summed E-state index contributed by atoms with van der Waals surface area (Å²) in [5, 5.41) is 10.4. The molecule has 1 atom stereocenters. The van der Waals surface area contributed by atoms with E-state index in [1.54, 1.807) is 24.4 Å². The predicted octanol–water partition coefficient (Wildman–Crippen LogP) is 4.00. The SMILES string of the molecule is C[C@H](N=Cc1cc(Cl)ccc1O)c1ccc2c(c1)OCCO2. The fourth-order valence-corrected chi connectivity index (χ4v) is 2.41. The summed E-state index contributed by atoms with van der Waals surface area (Å²) in [5.74, 6) is 1.66. The van der Waals surface area contributed by atoms with Crippen molar-refractivity contribution in [2.45, 2.75) is 13.0 Å². The number of halogens is 1. The van der Waals surface area contributed by atoms with Crippen molar-refractivity contribution in [2.75, 3.05) is 13.2 Å². The van der Waals surface area contributed by atoms with Crippen LogP contribution in [0.15, 0.2) is 41.4 Å². The van der Waals surface area contributed by atoms with Crippen molar-refractivity contribution >= 4 is 17.8 Å². The number of aliphatic imine (C=N–C) groups is 1. The molecule has 4 nitrogen and oxygen atoms in total. The van der Waals surface area contributed by atoms with Gasteiger partial charge >= 0.3 is 0 Å². The van der Waals surface area contributed by atoms with Gasteiger partial charge in [-0.2, -0.15) is 0 Å². The first-order valence-corrected chi connectivity index (χ1v) is 7.42. The largest absolute Gasteiger partial charge is 0.507 e. The first kappa shape index (κ1) is 14.7. The number of benzene rings is 2. The molecule has 0 fully saturated rings. The number of hydrogen-bond donors (Lipinski definition) is 1. The van der Waals surface area contributed by atoms with E-state index < -0.39 is 0 Å². The smallest absolute Gasteiger partial charge is 0.161 e. The number of phenolic OH excluding ortho intramolecular Hbond substituents is 1. The number of aromatic hydroxyl groups is 1. The quantitative estimate of drug-likeness (QED) is 0.871. The van der Waals surface area contributed by atoms with Crippen molar-refractivity contribution in [2.24, 2.45) is 4.99 Å². The molecule has 22 heavy (non-hydrogen) atoms. The average Bonchev–Trinajstić information content (AvgIpc) is 2.55. The summed E-state index contributed by atoms with van der Waals surface area (Å²) < 4.78 is 11.1. The van der Waals surface area contributed by atoms with Crippen molar-refractivity contribution in [3.63, 3.8) is 0 Å². The molecule has 0 saturated heterocycles. The Morgan fingerprint density at radius 3 is 2.73 bits per heavy atom. The normalized spacial score (nSPS) is 15.0. The molecule has 1 aliphatic heterocycles. The van der Waals surface area contributed by atoms with Crippen LogP contribution in [0.4, 0.5) is 0 Å². The van der Waals surface area contributed by atoms with Gasteiger partial charge in [-0.15, -0.1) is 0 Å². The summed E-state index contributed by atoms with van der Waals surface area (Å²) in [4.78, 5) is 4.48. The lowest BCUT2D eigenvalue weighted by molar-refractivity contribution is 0.171. The highest BCUT2D eigenvalue weighted by Crippen LogP contribution is 2.33. The minimum atomic E-state index is -0.0748. The number of fused-ring (bicyclic) bond motifs is 1. The molecule has 0 aromatic heterocycles. The minimum absolute atomic E-state index is 0.0748. The van der Waals surface area contributed by atoms with Gasteiger partial charge in [0.25, 0.3) is 0 Å². The van der Waals surface area contributed by atoms with Gasteiger partial charge in [-0.1, -0.05) is 17.7 Å². The second-order valence-corrected chi connectivity index (χ2v) is 5.50. The molecule has 114 valence electrons. The molecule has 1 aliphatic rings. The topological polar surface area (TPSA) is 51.1 Å². The van der Waals surface area contributed by atoms with Gasteiger partial charge in [0.1, 0.15) is 19.0 Å². The fourth-order valence-electron chi connectivity index (χ4n) is 2.23. The molecule has 0 aliphatic carbocycles. The van der Waals surface area contributed by atoms with E-state index in [0.717, 1.165) is 17.1 Å². The zero-order chi connectivity index (χ0) is 15.5. The van der Waals surface area contributed by atoms with E-state index in [1.165, 1.54) is 0 Å². The number of hydrogen-bond acceptors (Lipinski definition) is 4. The van der Waals surface area contributed by atoms with Crippen molar-refractivity contribution in [1.82, 2.24) is 0 Å². The van der Waals surface area contributed by atoms with Gasteiger partial charge in [-0.05, 0) is 42.8 Å². The third kappa shape index (κ3) is 3.17. The van der Waals surface area contributed by atoms with E-state index in [1.807, 2.05) is 25.1 Å². The van der Waals surface area contributed by atoms with Crippen molar-refractivity contribution in [1.29, 1.82) is 0 Å². The zero-order valence-corrected chi connectivity index (χ0v) is 12.9. The van der Waals surface area contributed by atoms with Gasteiger partial charge in [0.2, 0.25) is 0 Å². The molecule has 0 bridgehead atoms. The van der Waals surface area contributed by atoms with Gasteiger partial charge in [0.05, 0.1) is 6.04 Å². The van der Waals surface area contributed by atoms with Crippen LogP contribution in [0.3, 0.4) is 0 Å². The van der Waals surface area contributed by atoms with Crippen LogP contribution in [-0.4, -0.2) is 24.5 Å². The molecule has 1 heterocycles. The lowest BCUT2D eigenvalue weighted by Gasteiger charge is -2.19. The standard InChI is InChI=1S/C17H16ClNO3/c1-11(19-10-13-8-14(18)3-4-15(13)20)12-2-5-16-17(9-12)22-7-6-21-16/h2-5,8-11,20H,6-7H2,1H3/t11-/m0/s1. The number of rotatable bonds is 3. The van der Waals surface area contributed by atoms with Crippen molar-refractivity contribution in [3.05, 3.63) is 52.5 Å². The summed E-state index contributed by atoms with van der Waals surface area (Å²) >= 11 is 5.93. The van der Waals surface area contributed by atoms with Crippen molar-refractivity contribution < 1.29 is 14.6 Å². The molecule has 2 aromatic carbocycles. The molecule has 3 rings (SSSR count). The minimum Gasteiger partial charge on any atom is -0.507 e. The Morgan fingerprint density at radius 2 is 1.91 bits per heavy atom. The van der Waals surface area contributed by atoms with E-state index in [0.29, 0.717) is 23.8 Å². The van der Waals surface area contributed by atoms with Gasteiger partial charge < -0.3 is 14.6 Å². The van der Waals surface area contributed by atoms with E-state index in [-0.39, 0.29) is 11.8 Å². The van der Waals surface area contributed by atoms with Crippen LogP contribution in [0.5, 0.6) is 17.2 Å². The summed E-state index contributed by atoms with van der Waals surface area (Å²) in [5.41, 5.74) is 1.61. The molecular weight excluding hydrogens is 302 g/mol. The van der Waals surface area contributed by atoms with E-state index in [9.17, 15) is 5.11 Å². The van der Waals surface area contributed by atoms with Crippen molar-refractivity contribution in [3.8, 4) is 17.2 Å². The van der Waals surface area contributed by atoms with Crippen LogP contribution in [0.1, 0.15) is 24.1 Å². The maximum atomic E-state index is 9.79. The maximum Gasteiger partial charge on any atom is 0.161 e. The Hall–Kier alpha value is -2.20. The zero-order valence-electron chi connectivity index (χ0n) is 12.1. The first-order chi connectivity index (χ1) is 10.6. The molecule has 1 N–H and O–H groups in total. The Morgan fingerprint density at radius 1 is 1.14 bits per heavy atom. The highest BCUT2D eigenvalue weighted by Gasteiger charge is 2.13. The second kappa shape index (κ2) is 6.28. The van der Waals surface area contributed by atoms with Gasteiger partial charge in [0, 0.05) is 16.8 Å². The number of nitrogens with zero attached hydrogens (tertiary/aromatic N) is 1. The number of phenols is 1. The third-order valence-electron chi connectivity index (χ3n) is 3.48. The number of ether oxygens (including phenoxy) is 2. The molecule has 2 aromatic rings. The molecule has 0 radical (unpaired) electrons. The summed E-state index contributed by atoms with van der Waals surface area (Å²) in [6.45, 7) is 3.11. The lowest BCUT2D eigenvalue weighted by Crippen LogP contribution is -2.15. The van der Waals surface area contributed by atoms with Crippen LogP contribution >= 0.6 is 11.6 Å². The Labute approximate surface area is 134 Å². The summed E-state index contributed by atoms with van der Waals surface area (Å²) in [6, 6.07) is 10.6. The molecule has 0 unspecified atom stereocenters. The Bertz CT molecular complexity index is 715. The summed E-state index contributed by atoms with van der Waals surface area (Å²) in [6.07, 6.45) is 1.63. The monoisotopic (exact) mass is 317 g/mol. The van der Waals surface area contributed by atoms with E-state index in [4.69, 9.17) is 21.1 Å². The van der Waals surface area contributed by atoms with E-state index in [2.05, 4.69) is 4.99 Å². The van der Waals surface area contributed by atoms with Gasteiger partial charge in [-0.3, -0.25) is 4.99 Å². The average molecular weight is 318 g/mol.